The Hall–Kier alpha value is -2.82. The van der Waals surface area contributed by atoms with Crippen LogP contribution in [0.4, 0.5) is 0 Å². The molecule has 0 fully saturated rings. The van der Waals surface area contributed by atoms with E-state index in [0.717, 1.165) is 0 Å². The fraction of sp³-hybridized carbons (Fsp3) is 0.263. The first-order chi connectivity index (χ1) is 11.5. The number of nitrogens with zero attached hydrogens (tertiary/aromatic N) is 1. The Morgan fingerprint density at radius 1 is 1.17 bits per heavy atom. The Labute approximate surface area is 140 Å². The number of amides is 1. The molecule has 0 saturated carbocycles. The molecule has 0 aromatic heterocycles. The summed E-state index contributed by atoms with van der Waals surface area (Å²) in [6.45, 7) is 3.03. The predicted octanol–water partition coefficient (Wildman–Crippen LogP) is 2.91. The van der Waals surface area contributed by atoms with E-state index in [1.165, 1.54) is 11.1 Å². The van der Waals surface area contributed by atoms with Crippen LogP contribution in [0.1, 0.15) is 34.3 Å². The highest BCUT2D eigenvalue weighted by molar-refractivity contribution is 5.94. The molecule has 1 heterocycles. The third-order valence-corrected chi connectivity index (χ3v) is 4.19. The van der Waals surface area contributed by atoms with Crippen molar-refractivity contribution in [3.8, 4) is 5.75 Å². The van der Waals surface area contributed by atoms with Crippen LogP contribution in [0, 0.1) is 0 Å². The van der Waals surface area contributed by atoms with Gasteiger partial charge in [0.2, 0.25) is 0 Å². The fourth-order valence-electron chi connectivity index (χ4n) is 3.03. The molecule has 0 saturated heterocycles. The van der Waals surface area contributed by atoms with Gasteiger partial charge < -0.3 is 14.7 Å². The standard InChI is InChI=1S/C19H19NO4/c1-13-10-20(11-15-4-2-3-5-17(13)15)19(23)14-6-8-16(9-7-14)24-12-18(21)22/h2-9,13H,10-12H2,1H3,(H,21,22). The van der Waals surface area contributed by atoms with Crippen LogP contribution < -0.4 is 4.74 Å². The van der Waals surface area contributed by atoms with E-state index < -0.39 is 12.6 Å². The molecule has 0 aliphatic carbocycles. The van der Waals surface area contributed by atoms with Crippen LogP contribution >= 0.6 is 0 Å². The van der Waals surface area contributed by atoms with Crippen LogP contribution in [0.5, 0.6) is 5.75 Å². The van der Waals surface area contributed by atoms with Crippen LogP contribution in [0.3, 0.4) is 0 Å². The van der Waals surface area contributed by atoms with Gasteiger partial charge in [-0.05, 0) is 41.3 Å². The smallest absolute Gasteiger partial charge is 0.341 e. The molecule has 3 rings (SSSR count). The quantitative estimate of drug-likeness (QED) is 0.938. The molecular weight excluding hydrogens is 306 g/mol. The van der Waals surface area contributed by atoms with E-state index in [4.69, 9.17) is 9.84 Å². The van der Waals surface area contributed by atoms with Crippen LogP contribution in [0.25, 0.3) is 0 Å². The summed E-state index contributed by atoms with van der Waals surface area (Å²) in [5.74, 6) is -0.319. The number of benzene rings is 2. The highest BCUT2D eigenvalue weighted by atomic mass is 16.5. The number of carboxylic acids is 1. The SMILES string of the molecule is CC1CN(C(=O)c2ccc(OCC(=O)O)cc2)Cc2ccccc21. The van der Waals surface area contributed by atoms with Crippen molar-refractivity contribution in [3.63, 3.8) is 0 Å². The second kappa shape index (κ2) is 6.74. The summed E-state index contributed by atoms with van der Waals surface area (Å²) in [5.41, 5.74) is 3.06. The van der Waals surface area contributed by atoms with Crippen molar-refractivity contribution in [1.82, 2.24) is 4.90 Å². The monoisotopic (exact) mass is 325 g/mol. The molecule has 2 aromatic rings. The van der Waals surface area contributed by atoms with E-state index in [1.54, 1.807) is 24.3 Å². The minimum absolute atomic E-state index is 0.0267. The van der Waals surface area contributed by atoms with E-state index in [1.807, 2.05) is 17.0 Å². The largest absolute Gasteiger partial charge is 0.482 e. The third kappa shape index (κ3) is 3.40. The Morgan fingerprint density at radius 3 is 2.58 bits per heavy atom. The van der Waals surface area contributed by atoms with E-state index in [-0.39, 0.29) is 5.91 Å². The lowest BCUT2D eigenvalue weighted by Crippen LogP contribution is -2.37. The first-order valence-electron chi connectivity index (χ1n) is 7.86. The number of carbonyl (C=O) groups is 2. The van der Waals surface area contributed by atoms with Gasteiger partial charge in [0.25, 0.3) is 5.91 Å². The molecule has 1 atom stereocenters. The molecule has 0 spiro atoms. The van der Waals surface area contributed by atoms with Crippen LogP contribution in [0.2, 0.25) is 0 Å². The second-order valence-corrected chi connectivity index (χ2v) is 5.99. The minimum Gasteiger partial charge on any atom is -0.482 e. The van der Waals surface area contributed by atoms with Crippen molar-refractivity contribution in [2.45, 2.75) is 19.4 Å². The highest BCUT2D eigenvalue weighted by Gasteiger charge is 2.25. The normalized spacial score (nSPS) is 16.4. The predicted molar refractivity (Wildman–Crippen MR) is 89.2 cm³/mol. The van der Waals surface area contributed by atoms with Crippen molar-refractivity contribution in [3.05, 3.63) is 65.2 Å². The molecule has 5 heteroatoms. The summed E-state index contributed by atoms with van der Waals surface area (Å²) in [4.78, 5) is 25.1. The van der Waals surface area contributed by atoms with Gasteiger partial charge in [-0.25, -0.2) is 4.79 Å². The number of carbonyl (C=O) groups excluding carboxylic acids is 1. The van der Waals surface area contributed by atoms with Crippen molar-refractivity contribution in [2.24, 2.45) is 0 Å². The van der Waals surface area contributed by atoms with Gasteiger partial charge >= 0.3 is 5.97 Å². The van der Waals surface area contributed by atoms with Gasteiger partial charge in [0.1, 0.15) is 5.75 Å². The Balaban J connectivity index is 1.72. The first kappa shape index (κ1) is 16.1. The molecule has 1 aliphatic heterocycles. The van der Waals surface area contributed by atoms with Crippen LogP contribution in [0.15, 0.2) is 48.5 Å². The van der Waals surface area contributed by atoms with E-state index >= 15 is 0 Å². The number of carboxylic acid groups (broad SMARTS) is 1. The maximum absolute atomic E-state index is 12.7. The zero-order valence-corrected chi connectivity index (χ0v) is 13.4. The lowest BCUT2D eigenvalue weighted by atomic mass is 9.91. The van der Waals surface area contributed by atoms with Gasteiger partial charge in [-0.2, -0.15) is 0 Å². The highest BCUT2D eigenvalue weighted by Crippen LogP contribution is 2.28. The number of hydrogen-bond acceptors (Lipinski definition) is 3. The van der Waals surface area contributed by atoms with Gasteiger partial charge in [0, 0.05) is 18.7 Å². The summed E-state index contributed by atoms with van der Waals surface area (Å²) in [7, 11) is 0. The van der Waals surface area contributed by atoms with E-state index in [2.05, 4.69) is 19.1 Å². The molecular formula is C19H19NO4. The van der Waals surface area contributed by atoms with Crippen LogP contribution in [-0.4, -0.2) is 35.0 Å². The summed E-state index contributed by atoms with van der Waals surface area (Å²) in [6.07, 6.45) is 0. The average molecular weight is 325 g/mol. The summed E-state index contributed by atoms with van der Waals surface area (Å²) >= 11 is 0. The van der Waals surface area contributed by atoms with Gasteiger partial charge in [0.05, 0.1) is 0 Å². The minimum atomic E-state index is -1.03. The lowest BCUT2D eigenvalue weighted by Gasteiger charge is -2.33. The molecule has 1 aliphatic rings. The number of fused-ring (bicyclic) bond motifs is 1. The number of ether oxygens (including phenoxy) is 1. The maximum atomic E-state index is 12.7. The Kier molecular flexibility index (Phi) is 4.51. The lowest BCUT2D eigenvalue weighted by molar-refractivity contribution is -0.139. The fourth-order valence-corrected chi connectivity index (χ4v) is 3.03. The maximum Gasteiger partial charge on any atom is 0.341 e. The molecule has 24 heavy (non-hydrogen) atoms. The summed E-state index contributed by atoms with van der Waals surface area (Å²) in [5, 5.41) is 8.61. The van der Waals surface area contributed by atoms with Crippen molar-refractivity contribution >= 4 is 11.9 Å². The van der Waals surface area contributed by atoms with Gasteiger partial charge in [-0.1, -0.05) is 31.2 Å². The average Bonchev–Trinajstić information content (AvgIpc) is 2.60. The molecule has 1 unspecified atom stereocenters. The van der Waals surface area contributed by atoms with E-state index in [9.17, 15) is 9.59 Å². The van der Waals surface area contributed by atoms with Gasteiger partial charge in [-0.15, -0.1) is 0 Å². The van der Waals surface area contributed by atoms with Crippen molar-refractivity contribution in [2.75, 3.05) is 13.2 Å². The second-order valence-electron chi connectivity index (χ2n) is 5.99. The zero-order chi connectivity index (χ0) is 17.1. The summed E-state index contributed by atoms with van der Waals surface area (Å²) in [6, 6.07) is 14.8. The number of aliphatic carboxylic acids is 1. The molecule has 124 valence electrons. The molecule has 0 bridgehead atoms. The van der Waals surface area contributed by atoms with Gasteiger partial charge in [-0.3, -0.25) is 4.79 Å². The van der Waals surface area contributed by atoms with Crippen molar-refractivity contribution < 1.29 is 19.4 Å². The van der Waals surface area contributed by atoms with Gasteiger partial charge in [0.15, 0.2) is 6.61 Å². The number of rotatable bonds is 4. The Bertz CT molecular complexity index is 754. The zero-order valence-electron chi connectivity index (χ0n) is 13.4. The molecule has 1 amide bonds. The third-order valence-electron chi connectivity index (χ3n) is 4.19. The van der Waals surface area contributed by atoms with Crippen LogP contribution in [-0.2, 0) is 11.3 Å². The molecule has 2 aromatic carbocycles. The van der Waals surface area contributed by atoms with Crippen molar-refractivity contribution in [1.29, 1.82) is 0 Å². The molecule has 0 radical (unpaired) electrons. The summed E-state index contributed by atoms with van der Waals surface area (Å²) < 4.78 is 5.09. The molecule has 5 nitrogen and oxygen atoms in total. The Morgan fingerprint density at radius 2 is 1.88 bits per heavy atom. The first-order valence-corrected chi connectivity index (χ1v) is 7.86. The topological polar surface area (TPSA) is 66.8 Å². The van der Waals surface area contributed by atoms with E-state index in [0.29, 0.717) is 30.3 Å². The molecule has 1 N–H and O–H groups in total. The number of hydrogen-bond donors (Lipinski definition) is 1.